The molecule has 1 aliphatic carbocycles. The lowest BCUT2D eigenvalue weighted by molar-refractivity contribution is 0.125. The number of nitriles is 1. The number of likely N-dealkylation sites (tertiary alicyclic amines) is 1. The number of hydrogen-bond donors (Lipinski definition) is 1. The molecule has 0 radical (unpaired) electrons. The van der Waals surface area contributed by atoms with Gasteiger partial charge in [-0.1, -0.05) is 85.8 Å². The Balaban J connectivity index is 1.57. The number of anilines is 1. The predicted octanol–water partition coefficient (Wildman–Crippen LogP) is 11.2. The fourth-order valence-corrected chi connectivity index (χ4v) is 10.3. The van der Waals surface area contributed by atoms with Gasteiger partial charge in [-0.15, -0.1) is 11.3 Å². The number of aliphatic hydroxyl groups excluding tert-OH is 1. The normalized spacial score (nSPS) is 21.3. The van der Waals surface area contributed by atoms with Crippen molar-refractivity contribution in [2.45, 2.75) is 150 Å². The monoisotopic (exact) mass is 796 g/mol. The maximum atomic E-state index is 15.7. The highest BCUT2D eigenvalue weighted by Gasteiger charge is 2.43. The minimum atomic E-state index is -0.315. The van der Waals surface area contributed by atoms with Gasteiger partial charge in [0.2, 0.25) is 0 Å². The minimum Gasteiger partial charge on any atom is -0.463 e. The molecule has 2 fully saturated rings. The molecular formula is C47H65FN6O2S. The number of hydrogen-bond acceptors (Lipinski definition) is 9. The lowest BCUT2D eigenvalue weighted by atomic mass is 9.81. The fraction of sp³-hybridized carbons (Fsp3) is 0.617. The van der Waals surface area contributed by atoms with E-state index >= 15 is 4.39 Å². The molecule has 10 heteroatoms. The first-order valence-electron chi connectivity index (χ1n) is 21.8. The van der Waals surface area contributed by atoms with Crippen molar-refractivity contribution in [3.8, 4) is 12.1 Å². The molecule has 4 heterocycles. The third-order valence-corrected chi connectivity index (χ3v) is 13.9. The van der Waals surface area contributed by atoms with E-state index in [1.54, 1.807) is 0 Å². The lowest BCUT2D eigenvalue weighted by Gasteiger charge is -2.43. The number of nitrogens with zero attached hydrogens (tertiary/aromatic N) is 6. The van der Waals surface area contributed by atoms with E-state index < -0.39 is 0 Å². The van der Waals surface area contributed by atoms with Crippen LogP contribution < -0.4 is 9.64 Å². The van der Waals surface area contributed by atoms with Crippen molar-refractivity contribution in [1.82, 2.24) is 14.9 Å². The smallest absolute Gasteiger partial charge is 0.318 e. The Kier molecular flexibility index (Phi) is 14.3. The van der Waals surface area contributed by atoms with Gasteiger partial charge in [0.15, 0.2) is 0 Å². The summed E-state index contributed by atoms with van der Waals surface area (Å²) in [5, 5.41) is 20.8. The van der Waals surface area contributed by atoms with E-state index in [0.717, 1.165) is 115 Å². The van der Waals surface area contributed by atoms with Crippen LogP contribution in [0, 0.1) is 22.6 Å². The van der Waals surface area contributed by atoms with Gasteiger partial charge in [0.25, 0.3) is 0 Å². The van der Waals surface area contributed by atoms with Crippen LogP contribution in [0.3, 0.4) is 0 Å². The van der Waals surface area contributed by atoms with Crippen molar-refractivity contribution < 1.29 is 14.2 Å². The van der Waals surface area contributed by atoms with Crippen LogP contribution >= 0.6 is 11.3 Å². The van der Waals surface area contributed by atoms with E-state index in [9.17, 15) is 10.4 Å². The molecule has 4 unspecified atom stereocenters. The van der Waals surface area contributed by atoms with Crippen molar-refractivity contribution >= 4 is 50.2 Å². The van der Waals surface area contributed by atoms with Crippen molar-refractivity contribution in [3.05, 3.63) is 51.3 Å². The molecule has 3 aromatic rings. The van der Waals surface area contributed by atoms with Gasteiger partial charge >= 0.3 is 6.01 Å². The van der Waals surface area contributed by atoms with Crippen molar-refractivity contribution in [2.75, 3.05) is 37.7 Å². The van der Waals surface area contributed by atoms with E-state index in [1.807, 2.05) is 6.07 Å². The number of unbranched alkanes of at least 4 members (excludes halogenated alkanes) is 3. The summed E-state index contributed by atoms with van der Waals surface area (Å²) in [5.41, 5.74) is 5.67. The average Bonchev–Trinajstić information content (AvgIpc) is 3.73. The number of piperazine rings is 1. The Morgan fingerprint density at radius 1 is 1.07 bits per heavy atom. The van der Waals surface area contributed by atoms with E-state index in [4.69, 9.17) is 19.7 Å². The SMILES string of the molecule is C/C=C1\C(=NC(C)CC)C(c2ccc(F)c3sc(C(C)C)c(C#N)c23)=Cc2nc(OCC(C)(CCCC)CCCCC)nc(N3C4CCC3CN(CCCO)C4)c21. The first-order valence-corrected chi connectivity index (χ1v) is 22.6. The molecular weight excluding hydrogens is 732 g/mol. The zero-order valence-corrected chi connectivity index (χ0v) is 36.6. The molecule has 4 atom stereocenters. The van der Waals surface area contributed by atoms with Crippen molar-refractivity contribution in [2.24, 2.45) is 10.4 Å². The lowest BCUT2D eigenvalue weighted by Crippen LogP contribution is -2.54. The molecule has 2 bridgehead atoms. The maximum Gasteiger partial charge on any atom is 0.318 e. The number of fused-ring (bicyclic) bond motifs is 4. The average molecular weight is 797 g/mol. The van der Waals surface area contributed by atoms with Crippen molar-refractivity contribution in [1.29, 1.82) is 5.26 Å². The number of allylic oxidation sites excluding steroid dienone is 3. The molecule has 0 spiro atoms. The molecule has 57 heavy (non-hydrogen) atoms. The molecule has 6 rings (SSSR count). The van der Waals surface area contributed by atoms with Crippen LogP contribution in [0.15, 0.2) is 23.2 Å². The summed E-state index contributed by atoms with van der Waals surface area (Å²) >= 11 is 1.38. The van der Waals surface area contributed by atoms with Gasteiger partial charge in [0.1, 0.15) is 17.7 Å². The summed E-state index contributed by atoms with van der Waals surface area (Å²) < 4.78 is 23.0. The second kappa shape index (κ2) is 18.9. The highest BCUT2D eigenvalue weighted by atomic mass is 32.1. The fourth-order valence-electron chi connectivity index (χ4n) is 9.12. The Labute approximate surface area is 345 Å². The van der Waals surface area contributed by atoms with Gasteiger partial charge in [-0.05, 0) is 76.0 Å². The maximum absolute atomic E-state index is 15.7. The van der Waals surface area contributed by atoms with Gasteiger partial charge in [-0.25, -0.2) is 4.39 Å². The summed E-state index contributed by atoms with van der Waals surface area (Å²) in [4.78, 5) is 22.0. The first-order chi connectivity index (χ1) is 27.5. The number of ether oxygens (including phenoxy) is 1. The summed E-state index contributed by atoms with van der Waals surface area (Å²) in [6.07, 6.45) is 16.1. The molecule has 2 aromatic heterocycles. The molecule has 8 nitrogen and oxygen atoms in total. The highest BCUT2D eigenvalue weighted by molar-refractivity contribution is 7.19. The number of aromatic nitrogens is 2. The van der Waals surface area contributed by atoms with Crippen LogP contribution in [0.1, 0.15) is 159 Å². The van der Waals surface area contributed by atoms with E-state index in [-0.39, 0.29) is 41.9 Å². The molecule has 1 aromatic carbocycles. The second-order valence-corrected chi connectivity index (χ2v) is 18.3. The second-order valence-electron chi connectivity index (χ2n) is 17.3. The zero-order chi connectivity index (χ0) is 40.9. The number of halogens is 1. The van der Waals surface area contributed by atoms with Crippen LogP contribution in [-0.4, -0.2) is 76.7 Å². The summed E-state index contributed by atoms with van der Waals surface area (Å²) in [6.45, 7) is 20.8. The molecule has 0 saturated carbocycles. The number of aliphatic imine (C=N–C) groups is 1. The molecule has 2 saturated heterocycles. The Morgan fingerprint density at radius 2 is 1.79 bits per heavy atom. The summed E-state index contributed by atoms with van der Waals surface area (Å²) in [5.74, 6) is 0.652. The number of thiophene rings is 1. The zero-order valence-electron chi connectivity index (χ0n) is 35.8. The first kappa shape index (κ1) is 42.9. The Hall–Kier alpha value is -3.65. The molecule has 2 aliphatic heterocycles. The van der Waals surface area contributed by atoms with Crippen LogP contribution in [0.5, 0.6) is 6.01 Å². The van der Waals surface area contributed by atoms with Crippen LogP contribution in [0.4, 0.5) is 10.2 Å². The van der Waals surface area contributed by atoms with Gasteiger partial charge in [0, 0.05) is 71.2 Å². The number of aliphatic hydroxyl groups is 1. The highest BCUT2D eigenvalue weighted by Crippen LogP contribution is 2.48. The van der Waals surface area contributed by atoms with Crippen LogP contribution in [0.2, 0.25) is 0 Å². The molecule has 308 valence electrons. The van der Waals surface area contributed by atoms with E-state index in [0.29, 0.717) is 28.3 Å². The molecule has 1 N–H and O–H groups in total. The Morgan fingerprint density at radius 3 is 2.42 bits per heavy atom. The van der Waals surface area contributed by atoms with Crippen molar-refractivity contribution in [3.63, 3.8) is 0 Å². The van der Waals surface area contributed by atoms with Crippen LogP contribution in [-0.2, 0) is 0 Å². The largest absolute Gasteiger partial charge is 0.463 e. The van der Waals surface area contributed by atoms with Gasteiger partial charge < -0.3 is 14.7 Å². The topological polar surface area (TPSA) is 97.9 Å². The molecule has 0 amide bonds. The minimum absolute atomic E-state index is 0.00799. The third kappa shape index (κ3) is 9.01. The summed E-state index contributed by atoms with van der Waals surface area (Å²) in [7, 11) is 0. The summed E-state index contributed by atoms with van der Waals surface area (Å²) in [6, 6.07) is 6.78. The number of benzene rings is 1. The van der Waals surface area contributed by atoms with Gasteiger partial charge in [0.05, 0.1) is 33.8 Å². The van der Waals surface area contributed by atoms with Crippen LogP contribution in [0.25, 0.3) is 27.3 Å². The van der Waals surface area contributed by atoms with E-state index in [2.05, 4.69) is 83.4 Å². The van der Waals surface area contributed by atoms with Gasteiger partial charge in [-0.3, -0.25) is 9.89 Å². The standard InChI is InChI=1S/C47H65FN6O2S/c1-9-13-15-22-47(8,21-14-10-2)29-56-46-51-39-25-36(35-19-20-38(48)44-40(35)37(26-49)43(57-44)30(5)6)42(50-31(7)11-3)34(12-4)41(39)45(52-46)54-32-17-18-33(54)28-53(27-32)23-16-24-55/h12,19-20,25,30-33,55H,9-11,13-18,21-24,27-29H2,1-8H3/b34-12-,50-42?. The number of rotatable bonds is 18. The Bertz CT molecular complexity index is 2020. The quantitative estimate of drug-likeness (QED) is 0.128. The third-order valence-electron chi connectivity index (χ3n) is 12.4. The molecule has 3 aliphatic rings. The van der Waals surface area contributed by atoms with E-state index in [1.165, 1.54) is 36.7 Å². The predicted molar refractivity (Wildman–Crippen MR) is 236 cm³/mol. The van der Waals surface area contributed by atoms with Gasteiger partial charge in [-0.2, -0.15) is 15.2 Å².